The minimum Gasteiger partial charge on any atom is -0.415 e. The average molecular weight is 471 g/mol. The van der Waals surface area contributed by atoms with Crippen molar-refractivity contribution in [2.24, 2.45) is 0 Å². The molecule has 4 aromatic rings. The van der Waals surface area contributed by atoms with Gasteiger partial charge in [0.1, 0.15) is 10.0 Å². The van der Waals surface area contributed by atoms with E-state index >= 15 is 0 Å². The van der Waals surface area contributed by atoms with E-state index in [1.807, 2.05) is 42.2 Å². The van der Waals surface area contributed by atoms with Crippen LogP contribution in [0.4, 0.5) is 5.82 Å². The summed E-state index contributed by atoms with van der Waals surface area (Å²) in [7, 11) is -3.45. The van der Waals surface area contributed by atoms with Gasteiger partial charge in [-0.05, 0) is 30.5 Å². The van der Waals surface area contributed by atoms with E-state index < -0.39 is 10.0 Å². The molecule has 166 valence electrons. The van der Waals surface area contributed by atoms with Crippen molar-refractivity contribution in [1.82, 2.24) is 24.5 Å². The fourth-order valence-corrected chi connectivity index (χ4v) is 6.07. The van der Waals surface area contributed by atoms with E-state index in [1.54, 1.807) is 23.7 Å². The Labute approximate surface area is 190 Å². The first-order valence-electron chi connectivity index (χ1n) is 10.0. The molecule has 4 heterocycles. The number of benzene rings is 1. The number of aryl methyl sites for hydroxylation is 1. The van der Waals surface area contributed by atoms with Crippen molar-refractivity contribution in [2.45, 2.75) is 11.1 Å². The van der Waals surface area contributed by atoms with Crippen molar-refractivity contribution in [2.75, 3.05) is 31.1 Å². The highest BCUT2D eigenvalue weighted by Crippen LogP contribution is 2.27. The summed E-state index contributed by atoms with van der Waals surface area (Å²) < 4.78 is 33.3. The SMILES string of the molecule is Cc1ncc(N2CCN(S(=O)(=O)c3cccs3)CC2)nc1-c1nnc(-c2ccccc2)o1.[HH]. The molecule has 1 aromatic carbocycles. The first-order chi connectivity index (χ1) is 15.5. The van der Waals surface area contributed by atoms with Crippen LogP contribution in [-0.4, -0.2) is 59.1 Å². The van der Waals surface area contributed by atoms with E-state index in [0.717, 1.165) is 5.56 Å². The van der Waals surface area contributed by atoms with Crippen LogP contribution in [0, 0.1) is 6.92 Å². The van der Waals surface area contributed by atoms with Gasteiger partial charge in [0.2, 0.25) is 5.89 Å². The molecule has 5 rings (SSSR count). The molecule has 32 heavy (non-hydrogen) atoms. The number of sulfonamides is 1. The molecule has 0 radical (unpaired) electrons. The Bertz CT molecular complexity index is 1320. The number of anilines is 1. The van der Waals surface area contributed by atoms with Crippen molar-refractivity contribution in [3.8, 4) is 23.0 Å². The molecule has 1 aliphatic heterocycles. The third-order valence-corrected chi connectivity index (χ3v) is 8.51. The van der Waals surface area contributed by atoms with Crippen molar-refractivity contribution in [3.05, 3.63) is 59.7 Å². The summed E-state index contributed by atoms with van der Waals surface area (Å²) in [5.74, 6) is 1.37. The molecule has 1 aliphatic rings. The van der Waals surface area contributed by atoms with Gasteiger partial charge < -0.3 is 9.32 Å². The van der Waals surface area contributed by atoms with Crippen LogP contribution in [0.25, 0.3) is 23.0 Å². The summed E-state index contributed by atoms with van der Waals surface area (Å²) in [5.41, 5.74) is 2.03. The summed E-state index contributed by atoms with van der Waals surface area (Å²) in [6, 6.07) is 12.9. The molecule has 0 saturated carbocycles. The van der Waals surface area contributed by atoms with Crippen LogP contribution in [0.1, 0.15) is 7.12 Å². The van der Waals surface area contributed by atoms with Crippen molar-refractivity contribution >= 4 is 27.2 Å². The third kappa shape index (κ3) is 3.90. The minimum atomic E-state index is -3.45. The molecule has 3 aromatic heterocycles. The summed E-state index contributed by atoms with van der Waals surface area (Å²) in [6.07, 6.45) is 1.69. The van der Waals surface area contributed by atoms with Crippen LogP contribution in [0.5, 0.6) is 0 Å². The Morgan fingerprint density at radius 1 is 1.00 bits per heavy atom. The van der Waals surface area contributed by atoms with Crippen molar-refractivity contribution in [1.29, 1.82) is 0 Å². The van der Waals surface area contributed by atoms with E-state index in [-0.39, 0.29) is 1.43 Å². The number of rotatable bonds is 5. The Kier molecular flexibility index (Phi) is 5.45. The highest BCUT2D eigenvalue weighted by molar-refractivity contribution is 7.91. The lowest BCUT2D eigenvalue weighted by molar-refractivity contribution is 0.384. The molecular formula is C21H22N6O3S2. The van der Waals surface area contributed by atoms with Gasteiger partial charge in [-0.25, -0.2) is 13.4 Å². The van der Waals surface area contributed by atoms with Crippen LogP contribution in [0.15, 0.2) is 62.7 Å². The molecule has 9 nitrogen and oxygen atoms in total. The predicted octanol–water partition coefficient (Wildman–Crippen LogP) is 3.32. The van der Waals surface area contributed by atoms with Crippen LogP contribution in [0.2, 0.25) is 0 Å². The largest absolute Gasteiger partial charge is 0.415 e. The Morgan fingerprint density at radius 2 is 1.75 bits per heavy atom. The monoisotopic (exact) mass is 470 g/mol. The fourth-order valence-electron chi connectivity index (χ4n) is 3.51. The lowest BCUT2D eigenvalue weighted by Crippen LogP contribution is -2.48. The molecule has 0 spiro atoms. The number of hydrogen-bond acceptors (Lipinski definition) is 9. The topological polar surface area (TPSA) is 105 Å². The molecule has 0 unspecified atom stereocenters. The van der Waals surface area contributed by atoms with E-state index in [2.05, 4.69) is 15.2 Å². The van der Waals surface area contributed by atoms with E-state index in [1.165, 1.54) is 15.6 Å². The summed E-state index contributed by atoms with van der Waals surface area (Å²) in [4.78, 5) is 11.2. The number of piperazine rings is 1. The summed E-state index contributed by atoms with van der Waals surface area (Å²) in [6.45, 7) is 3.62. The van der Waals surface area contributed by atoms with Crippen LogP contribution < -0.4 is 4.90 Å². The second kappa shape index (κ2) is 8.41. The smallest absolute Gasteiger partial charge is 0.268 e. The molecule has 0 amide bonds. The van der Waals surface area contributed by atoms with Gasteiger partial charge in [-0.2, -0.15) is 4.31 Å². The van der Waals surface area contributed by atoms with Crippen molar-refractivity contribution < 1.29 is 14.3 Å². The van der Waals surface area contributed by atoms with Gasteiger partial charge in [0, 0.05) is 33.2 Å². The number of nitrogens with zero attached hydrogens (tertiary/aromatic N) is 6. The van der Waals surface area contributed by atoms with Crippen LogP contribution >= 0.6 is 11.3 Å². The van der Waals surface area contributed by atoms with E-state index in [0.29, 0.717) is 59.4 Å². The van der Waals surface area contributed by atoms with Gasteiger partial charge in [-0.15, -0.1) is 21.5 Å². The number of aromatic nitrogens is 4. The maximum absolute atomic E-state index is 12.8. The molecule has 11 heteroatoms. The van der Waals surface area contributed by atoms with Gasteiger partial charge in [0.05, 0.1) is 11.9 Å². The van der Waals surface area contributed by atoms with Gasteiger partial charge in [0.25, 0.3) is 15.9 Å². The van der Waals surface area contributed by atoms with Gasteiger partial charge in [-0.1, -0.05) is 24.3 Å². The Morgan fingerprint density at radius 3 is 2.47 bits per heavy atom. The van der Waals surface area contributed by atoms with Crippen LogP contribution in [-0.2, 0) is 10.0 Å². The lowest BCUT2D eigenvalue weighted by Gasteiger charge is -2.34. The van der Waals surface area contributed by atoms with E-state index in [9.17, 15) is 8.42 Å². The molecule has 0 aliphatic carbocycles. The van der Waals surface area contributed by atoms with Gasteiger partial charge in [0.15, 0.2) is 5.69 Å². The predicted molar refractivity (Wildman–Crippen MR) is 123 cm³/mol. The quantitative estimate of drug-likeness (QED) is 0.437. The first kappa shape index (κ1) is 20.7. The maximum atomic E-state index is 12.8. The summed E-state index contributed by atoms with van der Waals surface area (Å²) >= 11 is 1.23. The molecule has 1 saturated heterocycles. The second-order valence-electron chi connectivity index (χ2n) is 7.26. The minimum absolute atomic E-state index is 0. The average Bonchev–Trinajstić information content (AvgIpc) is 3.53. The number of thiophene rings is 1. The highest BCUT2D eigenvalue weighted by atomic mass is 32.2. The molecule has 0 atom stereocenters. The summed E-state index contributed by atoms with van der Waals surface area (Å²) in [5, 5.41) is 10.1. The van der Waals surface area contributed by atoms with Gasteiger partial charge in [-0.3, -0.25) is 4.98 Å². The molecule has 1 fully saturated rings. The van der Waals surface area contributed by atoms with Crippen molar-refractivity contribution in [3.63, 3.8) is 0 Å². The standard InChI is InChI=1S/C21H20N6O3S2.H2/c1-15-19(21-25-24-20(30-21)16-6-3-2-4-7-16)23-17(14-22-15)26-9-11-27(12-10-26)32(28,29)18-8-5-13-31-18;/h2-8,13-14H,9-12H2,1H3;1H. The van der Waals surface area contributed by atoms with E-state index in [4.69, 9.17) is 9.40 Å². The first-order valence-corrected chi connectivity index (χ1v) is 12.4. The normalized spacial score (nSPS) is 15.2. The zero-order valence-corrected chi connectivity index (χ0v) is 18.9. The zero-order valence-electron chi connectivity index (χ0n) is 17.2. The molecule has 0 bridgehead atoms. The fraction of sp³-hybridized carbons (Fsp3) is 0.238. The molecular weight excluding hydrogens is 448 g/mol. The van der Waals surface area contributed by atoms with Gasteiger partial charge >= 0.3 is 0 Å². The lowest BCUT2D eigenvalue weighted by atomic mass is 10.2. The zero-order chi connectivity index (χ0) is 22.1. The molecule has 0 N–H and O–H groups in total. The van der Waals surface area contributed by atoms with Crippen LogP contribution in [0.3, 0.4) is 0 Å². The Hall–Kier alpha value is -3.15. The highest BCUT2D eigenvalue weighted by Gasteiger charge is 2.30. The maximum Gasteiger partial charge on any atom is 0.268 e. The Balaban J connectivity index is 0.00000259. The number of hydrogen-bond donors (Lipinski definition) is 0. The third-order valence-electron chi connectivity index (χ3n) is 5.24. The second-order valence-corrected chi connectivity index (χ2v) is 10.4.